The summed E-state index contributed by atoms with van der Waals surface area (Å²) in [5, 5.41) is 3.39. The molecule has 0 aliphatic heterocycles. The van der Waals surface area contributed by atoms with Crippen molar-refractivity contribution < 1.29 is 0 Å². The summed E-state index contributed by atoms with van der Waals surface area (Å²) < 4.78 is 1.21. The molecule has 0 radical (unpaired) electrons. The van der Waals surface area contributed by atoms with E-state index in [-0.39, 0.29) is 0 Å². The van der Waals surface area contributed by atoms with E-state index in [0.717, 1.165) is 18.3 Å². The molecule has 2 rings (SSSR count). The Kier molecular flexibility index (Phi) is 3.61. The fourth-order valence-corrected chi connectivity index (χ4v) is 2.23. The van der Waals surface area contributed by atoms with Gasteiger partial charge >= 0.3 is 0 Å². The van der Waals surface area contributed by atoms with Crippen LogP contribution in [0.3, 0.4) is 0 Å². The molecule has 1 saturated carbocycles. The number of anilines is 1. The second kappa shape index (κ2) is 4.96. The van der Waals surface area contributed by atoms with Crippen LogP contribution in [-0.2, 0) is 0 Å². The predicted molar refractivity (Wildman–Crippen MR) is 67.4 cm³/mol. The Balaban J connectivity index is 1.76. The first-order chi connectivity index (χ1) is 6.86. The van der Waals surface area contributed by atoms with Crippen molar-refractivity contribution in [2.75, 3.05) is 11.9 Å². The normalized spacial score (nSPS) is 16.4. The number of nitrogens with one attached hydrogen (secondary N) is 1. The van der Waals surface area contributed by atoms with Crippen LogP contribution in [0.2, 0.25) is 0 Å². The van der Waals surface area contributed by atoms with Crippen molar-refractivity contribution in [1.82, 2.24) is 4.98 Å². The molecule has 2 nitrogen and oxygen atoms in total. The van der Waals surface area contributed by atoms with E-state index in [0.29, 0.717) is 0 Å². The molecule has 1 fully saturated rings. The van der Waals surface area contributed by atoms with Crippen LogP contribution in [0, 0.1) is 9.49 Å². The molecule has 0 unspecified atom stereocenters. The van der Waals surface area contributed by atoms with E-state index in [1.807, 2.05) is 12.3 Å². The van der Waals surface area contributed by atoms with Crippen molar-refractivity contribution in [3.8, 4) is 0 Å². The third-order valence-electron chi connectivity index (χ3n) is 2.83. The molecule has 0 spiro atoms. The average Bonchev–Trinajstić information content (AvgIpc) is 2.12. The smallest absolute Gasteiger partial charge is 0.139 e. The Morgan fingerprint density at radius 3 is 3.00 bits per heavy atom. The van der Waals surface area contributed by atoms with Gasteiger partial charge in [0.05, 0.1) is 3.57 Å². The maximum absolute atomic E-state index is 4.30. The van der Waals surface area contributed by atoms with Gasteiger partial charge in [-0.25, -0.2) is 4.98 Å². The zero-order valence-corrected chi connectivity index (χ0v) is 10.3. The van der Waals surface area contributed by atoms with Crippen LogP contribution in [0.5, 0.6) is 0 Å². The van der Waals surface area contributed by atoms with Crippen molar-refractivity contribution in [1.29, 1.82) is 0 Å². The fraction of sp³-hybridized carbons (Fsp3) is 0.545. The Morgan fingerprint density at radius 1 is 1.50 bits per heavy atom. The van der Waals surface area contributed by atoms with Crippen LogP contribution >= 0.6 is 22.6 Å². The lowest BCUT2D eigenvalue weighted by Gasteiger charge is -2.25. The second-order valence-corrected chi connectivity index (χ2v) is 5.01. The molecule has 1 aromatic heterocycles. The van der Waals surface area contributed by atoms with Gasteiger partial charge < -0.3 is 5.32 Å². The molecule has 0 aromatic carbocycles. The SMILES string of the molecule is Ic1cccnc1NCCC1CCC1. The van der Waals surface area contributed by atoms with E-state index in [2.05, 4.69) is 39.0 Å². The van der Waals surface area contributed by atoms with Crippen LogP contribution < -0.4 is 5.32 Å². The number of hydrogen-bond donors (Lipinski definition) is 1. The van der Waals surface area contributed by atoms with Crippen LogP contribution in [-0.4, -0.2) is 11.5 Å². The first kappa shape index (κ1) is 10.2. The van der Waals surface area contributed by atoms with Gasteiger partial charge in [0.2, 0.25) is 0 Å². The molecule has 14 heavy (non-hydrogen) atoms. The Hall–Kier alpha value is -0.320. The van der Waals surface area contributed by atoms with Crippen LogP contribution in [0.1, 0.15) is 25.7 Å². The van der Waals surface area contributed by atoms with E-state index in [9.17, 15) is 0 Å². The van der Waals surface area contributed by atoms with Gasteiger partial charge in [-0.15, -0.1) is 0 Å². The minimum absolute atomic E-state index is 0.976. The van der Waals surface area contributed by atoms with Gasteiger partial charge in [0.1, 0.15) is 5.82 Å². The van der Waals surface area contributed by atoms with Gasteiger partial charge in [0.25, 0.3) is 0 Å². The summed E-state index contributed by atoms with van der Waals surface area (Å²) in [5.74, 6) is 2.01. The van der Waals surface area contributed by atoms with Crippen LogP contribution in [0.4, 0.5) is 5.82 Å². The largest absolute Gasteiger partial charge is 0.369 e. The van der Waals surface area contributed by atoms with Crippen molar-refractivity contribution in [3.05, 3.63) is 21.9 Å². The van der Waals surface area contributed by atoms with Crippen molar-refractivity contribution in [2.45, 2.75) is 25.7 Å². The van der Waals surface area contributed by atoms with Gasteiger partial charge in [0, 0.05) is 12.7 Å². The summed E-state index contributed by atoms with van der Waals surface area (Å²) >= 11 is 2.32. The van der Waals surface area contributed by atoms with Gasteiger partial charge in [0.15, 0.2) is 0 Å². The third-order valence-corrected chi connectivity index (χ3v) is 3.70. The van der Waals surface area contributed by atoms with E-state index in [4.69, 9.17) is 0 Å². The topological polar surface area (TPSA) is 24.9 Å². The molecule has 0 saturated heterocycles. The Morgan fingerprint density at radius 2 is 2.36 bits per heavy atom. The second-order valence-electron chi connectivity index (χ2n) is 3.85. The number of halogens is 1. The highest BCUT2D eigenvalue weighted by Gasteiger charge is 2.16. The quantitative estimate of drug-likeness (QED) is 0.863. The number of nitrogens with zero attached hydrogens (tertiary/aromatic N) is 1. The minimum Gasteiger partial charge on any atom is -0.369 e. The van der Waals surface area contributed by atoms with Crippen molar-refractivity contribution in [2.24, 2.45) is 5.92 Å². The first-order valence-corrected chi connectivity index (χ1v) is 6.28. The highest BCUT2D eigenvalue weighted by Crippen LogP contribution is 2.29. The first-order valence-electron chi connectivity index (χ1n) is 5.20. The van der Waals surface area contributed by atoms with E-state index >= 15 is 0 Å². The molecule has 3 heteroatoms. The molecular weight excluding hydrogens is 287 g/mol. The molecule has 1 heterocycles. The lowest BCUT2D eigenvalue weighted by molar-refractivity contribution is 0.303. The van der Waals surface area contributed by atoms with E-state index < -0.39 is 0 Å². The van der Waals surface area contributed by atoms with E-state index in [1.54, 1.807) is 0 Å². The Labute approximate surface area is 98.6 Å². The molecule has 0 amide bonds. The monoisotopic (exact) mass is 302 g/mol. The minimum atomic E-state index is 0.976. The number of aromatic nitrogens is 1. The van der Waals surface area contributed by atoms with Crippen molar-refractivity contribution in [3.63, 3.8) is 0 Å². The summed E-state index contributed by atoms with van der Waals surface area (Å²) in [6.07, 6.45) is 7.44. The van der Waals surface area contributed by atoms with Gasteiger partial charge in [-0.1, -0.05) is 19.3 Å². The number of rotatable bonds is 4. The summed E-state index contributed by atoms with van der Waals surface area (Å²) in [4.78, 5) is 4.30. The Bertz CT molecular complexity index is 297. The lowest BCUT2D eigenvalue weighted by atomic mass is 9.83. The average molecular weight is 302 g/mol. The summed E-state index contributed by atoms with van der Waals surface area (Å²) in [6.45, 7) is 1.07. The van der Waals surface area contributed by atoms with Gasteiger partial charge in [-0.2, -0.15) is 0 Å². The number of pyridine rings is 1. The van der Waals surface area contributed by atoms with Gasteiger partial charge in [-0.05, 0) is 47.1 Å². The van der Waals surface area contributed by atoms with Crippen LogP contribution in [0.25, 0.3) is 0 Å². The molecule has 1 aliphatic carbocycles. The van der Waals surface area contributed by atoms with Crippen LogP contribution in [0.15, 0.2) is 18.3 Å². The number of hydrogen-bond acceptors (Lipinski definition) is 2. The van der Waals surface area contributed by atoms with Crippen molar-refractivity contribution >= 4 is 28.4 Å². The summed E-state index contributed by atoms with van der Waals surface area (Å²) in [7, 11) is 0. The highest BCUT2D eigenvalue weighted by molar-refractivity contribution is 14.1. The molecule has 1 aromatic rings. The molecular formula is C11H15IN2. The predicted octanol–water partition coefficient (Wildman–Crippen LogP) is 3.29. The highest BCUT2D eigenvalue weighted by atomic mass is 127. The maximum atomic E-state index is 4.30. The zero-order valence-electron chi connectivity index (χ0n) is 8.17. The standard InChI is InChI=1S/C11H15IN2/c12-10-5-2-7-13-11(10)14-8-6-9-3-1-4-9/h2,5,7,9H,1,3-4,6,8H2,(H,13,14). The molecule has 1 N–H and O–H groups in total. The van der Waals surface area contributed by atoms with E-state index in [1.165, 1.54) is 29.3 Å². The zero-order chi connectivity index (χ0) is 9.80. The summed E-state index contributed by atoms with van der Waals surface area (Å²) in [6, 6.07) is 4.05. The van der Waals surface area contributed by atoms with Gasteiger partial charge in [-0.3, -0.25) is 0 Å². The third kappa shape index (κ3) is 2.59. The molecule has 0 bridgehead atoms. The molecule has 1 aliphatic rings. The lowest BCUT2D eigenvalue weighted by Crippen LogP contribution is -2.16. The molecule has 76 valence electrons. The molecule has 0 atom stereocenters. The maximum Gasteiger partial charge on any atom is 0.139 e. The summed E-state index contributed by atoms with van der Waals surface area (Å²) in [5.41, 5.74) is 0. The fourth-order valence-electron chi connectivity index (χ4n) is 1.69.